The van der Waals surface area contributed by atoms with Gasteiger partial charge >= 0.3 is 0 Å². The molecular formula is C12H23N. The lowest BCUT2D eigenvalue weighted by Gasteiger charge is -1.85. The molecule has 1 aliphatic heterocycles. The molecular weight excluding hydrogens is 158 g/mol. The van der Waals surface area contributed by atoms with Gasteiger partial charge in [-0.25, -0.2) is 0 Å². The van der Waals surface area contributed by atoms with E-state index >= 15 is 0 Å². The zero-order valence-electron chi connectivity index (χ0n) is 9.89. The third kappa shape index (κ3) is 9.06. The summed E-state index contributed by atoms with van der Waals surface area (Å²) in [6, 6.07) is 0. The van der Waals surface area contributed by atoms with Gasteiger partial charge in [-0.1, -0.05) is 39.3 Å². The molecule has 1 rings (SSSR count). The van der Waals surface area contributed by atoms with Gasteiger partial charge in [0.05, 0.1) is 0 Å². The molecule has 0 aromatic heterocycles. The first-order chi connectivity index (χ1) is 6.29. The fourth-order valence-electron chi connectivity index (χ4n) is 0.723. The first-order valence-corrected chi connectivity index (χ1v) is 5.15. The highest BCUT2D eigenvalue weighted by Crippen LogP contribution is 2.04. The first kappa shape index (κ1) is 14.7. The number of allylic oxidation sites excluding steroid dienone is 3. The summed E-state index contributed by atoms with van der Waals surface area (Å²) in [6.45, 7) is 12.1. The highest BCUT2D eigenvalue weighted by Gasteiger charge is 1.89. The molecule has 0 fully saturated rings. The molecule has 0 atom stereocenters. The number of aliphatic imine (C=N–C) groups is 1. The van der Waals surface area contributed by atoms with Gasteiger partial charge < -0.3 is 0 Å². The Balaban J connectivity index is 0. The Kier molecular flexibility index (Phi) is 12.6. The molecule has 0 N–H and O–H groups in total. The van der Waals surface area contributed by atoms with E-state index in [-0.39, 0.29) is 0 Å². The van der Waals surface area contributed by atoms with E-state index < -0.39 is 0 Å². The van der Waals surface area contributed by atoms with Crippen molar-refractivity contribution in [3.05, 3.63) is 23.9 Å². The molecule has 1 aliphatic rings. The minimum atomic E-state index is 1.04. The van der Waals surface area contributed by atoms with E-state index in [2.05, 4.69) is 18.0 Å². The van der Waals surface area contributed by atoms with Crippen LogP contribution in [0.2, 0.25) is 0 Å². The van der Waals surface area contributed by atoms with Crippen LogP contribution in [-0.2, 0) is 0 Å². The Morgan fingerprint density at radius 1 is 1.08 bits per heavy atom. The van der Waals surface area contributed by atoms with E-state index in [0.717, 1.165) is 12.1 Å². The second kappa shape index (κ2) is 11.2. The topological polar surface area (TPSA) is 12.4 Å². The van der Waals surface area contributed by atoms with Crippen LogP contribution in [0.25, 0.3) is 0 Å². The summed E-state index contributed by atoms with van der Waals surface area (Å²) in [6.07, 6.45) is 7.15. The first-order valence-electron chi connectivity index (χ1n) is 5.15. The zero-order chi connectivity index (χ0) is 10.7. The summed E-state index contributed by atoms with van der Waals surface area (Å²) in [7, 11) is 0. The summed E-state index contributed by atoms with van der Waals surface area (Å²) in [5, 5.41) is 0. The van der Waals surface area contributed by atoms with Gasteiger partial charge in [0.25, 0.3) is 0 Å². The summed E-state index contributed by atoms with van der Waals surface area (Å²) >= 11 is 0. The van der Waals surface area contributed by atoms with Crippen LogP contribution in [0.4, 0.5) is 0 Å². The normalized spacial score (nSPS) is 13.7. The molecule has 0 amide bonds. The summed E-state index contributed by atoms with van der Waals surface area (Å²) in [4.78, 5) is 4.17. The summed E-state index contributed by atoms with van der Waals surface area (Å²) in [5.74, 6) is 0. The fraction of sp³-hybridized carbons (Fsp3) is 0.583. The van der Waals surface area contributed by atoms with Crippen molar-refractivity contribution in [3.8, 4) is 0 Å². The van der Waals surface area contributed by atoms with Gasteiger partial charge in [-0.05, 0) is 26.3 Å². The Bertz CT molecular complexity index is 185. The number of nitrogens with zero attached hydrogens (tertiary/aromatic N) is 1. The molecule has 0 aromatic rings. The average molecular weight is 181 g/mol. The molecule has 0 radical (unpaired) electrons. The number of hydrogen-bond donors (Lipinski definition) is 0. The van der Waals surface area contributed by atoms with Crippen molar-refractivity contribution in [1.29, 1.82) is 0 Å². The Morgan fingerprint density at radius 2 is 1.62 bits per heavy atom. The van der Waals surface area contributed by atoms with Crippen LogP contribution < -0.4 is 0 Å². The Hall–Kier alpha value is -0.850. The van der Waals surface area contributed by atoms with Crippen molar-refractivity contribution in [2.24, 2.45) is 4.99 Å². The lowest BCUT2D eigenvalue weighted by Crippen LogP contribution is -1.78. The van der Waals surface area contributed by atoms with Crippen molar-refractivity contribution in [3.63, 3.8) is 0 Å². The van der Waals surface area contributed by atoms with Gasteiger partial charge in [0.15, 0.2) is 0 Å². The molecule has 0 spiro atoms. The second-order valence-corrected chi connectivity index (χ2v) is 2.35. The smallest absolute Gasteiger partial charge is 0.0369 e. The summed E-state index contributed by atoms with van der Waals surface area (Å²) < 4.78 is 0. The van der Waals surface area contributed by atoms with Crippen molar-refractivity contribution in [2.45, 2.75) is 48.0 Å². The van der Waals surface area contributed by atoms with Crippen molar-refractivity contribution >= 4 is 5.71 Å². The zero-order valence-corrected chi connectivity index (χ0v) is 9.89. The number of rotatable bonds is 0. The average Bonchev–Trinajstić information content (AvgIpc) is 2.38. The van der Waals surface area contributed by atoms with Crippen molar-refractivity contribution < 1.29 is 0 Å². The van der Waals surface area contributed by atoms with Gasteiger partial charge in [-0.15, -0.1) is 0 Å². The largest absolute Gasteiger partial charge is 0.262 e. The van der Waals surface area contributed by atoms with Gasteiger partial charge in [0.2, 0.25) is 0 Å². The van der Waals surface area contributed by atoms with E-state index in [0.29, 0.717) is 0 Å². The highest BCUT2D eigenvalue weighted by atomic mass is 14.7. The van der Waals surface area contributed by atoms with Crippen LogP contribution in [0.15, 0.2) is 28.9 Å². The molecule has 0 aliphatic carbocycles. The van der Waals surface area contributed by atoms with Crippen molar-refractivity contribution in [1.82, 2.24) is 0 Å². The molecule has 1 heterocycles. The van der Waals surface area contributed by atoms with Crippen LogP contribution in [0.5, 0.6) is 0 Å². The maximum atomic E-state index is 4.17. The maximum Gasteiger partial charge on any atom is 0.0369 e. The molecule has 0 saturated heterocycles. The minimum absolute atomic E-state index is 1.04. The van der Waals surface area contributed by atoms with E-state index in [4.69, 9.17) is 0 Å². The maximum absolute atomic E-state index is 4.17. The van der Waals surface area contributed by atoms with Crippen molar-refractivity contribution in [2.75, 3.05) is 0 Å². The van der Waals surface area contributed by atoms with Crippen LogP contribution in [0, 0.1) is 0 Å². The number of hydrogen-bond acceptors (Lipinski definition) is 1. The fourth-order valence-corrected chi connectivity index (χ4v) is 0.723. The SMILES string of the molecule is CC.CC.CC1=CN=C(C)C=CC1. The monoisotopic (exact) mass is 181 g/mol. The third-order valence-electron chi connectivity index (χ3n) is 1.29. The molecule has 0 saturated carbocycles. The summed E-state index contributed by atoms with van der Waals surface area (Å²) in [5.41, 5.74) is 2.41. The van der Waals surface area contributed by atoms with Gasteiger partial charge in [-0.2, -0.15) is 0 Å². The molecule has 76 valence electrons. The molecule has 0 unspecified atom stereocenters. The van der Waals surface area contributed by atoms with E-state index in [1.54, 1.807) is 0 Å². The Labute approximate surface area is 83.3 Å². The van der Waals surface area contributed by atoms with E-state index in [1.807, 2.05) is 46.9 Å². The molecule has 0 aromatic carbocycles. The lowest BCUT2D eigenvalue weighted by atomic mass is 10.2. The van der Waals surface area contributed by atoms with E-state index in [9.17, 15) is 0 Å². The van der Waals surface area contributed by atoms with Gasteiger partial charge in [0, 0.05) is 11.9 Å². The third-order valence-corrected chi connectivity index (χ3v) is 1.29. The lowest BCUT2D eigenvalue weighted by molar-refractivity contribution is 1.20. The predicted molar refractivity (Wildman–Crippen MR) is 63.3 cm³/mol. The van der Waals surface area contributed by atoms with Crippen LogP contribution in [0.3, 0.4) is 0 Å². The Morgan fingerprint density at radius 3 is 2.15 bits per heavy atom. The minimum Gasteiger partial charge on any atom is -0.262 e. The van der Waals surface area contributed by atoms with Crippen LogP contribution in [0.1, 0.15) is 48.0 Å². The van der Waals surface area contributed by atoms with Crippen LogP contribution >= 0.6 is 0 Å². The highest BCUT2D eigenvalue weighted by molar-refractivity contribution is 5.93. The molecule has 0 bridgehead atoms. The molecule has 1 nitrogen and oxygen atoms in total. The van der Waals surface area contributed by atoms with Crippen LogP contribution in [-0.4, -0.2) is 5.71 Å². The standard InChI is InChI=1S/C8H11N.2C2H6/c1-7-4-3-5-8(2)9-6-7;2*1-2/h3,5-6H,4H2,1-2H3;2*1-2H3. The van der Waals surface area contributed by atoms with Gasteiger partial charge in [-0.3, -0.25) is 4.99 Å². The molecule has 1 heteroatoms. The van der Waals surface area contributed by atoms with Gasteiger partial charge in [0.1, 0.15) is 0 Å². The molecule has 13 heavy (non-hydrogen) atoms. The van der Waals surface area contributed by atoms with E-state index in [1.165, 1.54) is 5.57 Å². The quantitative estimate of drug-likeness (QED) is 0.526. The second-order valence-electron chi connectivity index (χ2n) is 2.35. The predicted octanol–water partition coefficient (Wildman–Crippen LogP) is 4.36.